The van der Waals surface area contributed by atoms with Crippen LogP contribution in [-0.4, -0.2) is 41.2 Å². The van der Waals surface area contributed by atoms with E-state index in [2.05, 4.69) is 17.6 Å². The van der Waals surface area contributed by atoms with E-state index < -0.39 is 12.1 Å². The second kappa shape index (κ2) is 10.5. The van der Waals surface area contributed by atoms with E-state index in [-0.39, 0.29) is 5.91 Å². The van der Waals surface area contributed by atoms with Gasteiger partial charge < -0.3 is 15.7 Å². The Labute approximate surface area is 176 Å². The van der Waals surface area contributed by atoms with Gasteiger partial charge in [0.1, 0.15) is 0 Å². The number of aromatic nitrogens is 1. The van der Waals surface area contributed by atoms with Crippen LogP contribution in [-0.2, 0) is 16.0 Å². The fraction of sp³-hybridized carbons (Fsp3) is 0.450. The van der Waals surface area contributed by atoms with Crippen molar-refractivity contribution in [3.63, 3.8) is 0 Å². The predicted molar refractivity (Wildman–Crippen MR) is 110 cm³/mol. The highest BCUT2D eigenvalue weighted by molar-refractivity contribution is 7.12. The molecule has 1 amide bonds. The number of carbonyl (C=O) groups excluding carboxylic acids is 1. The quantitative estimate of drug-likeness (QED) is 0.657. The fourth-order valence-corrected chi connectivity index (χ4v) is 4.14. The van der Waals surface area contributed by atoms with Gasteiger partial charge in [-0.1, -0.05) is 12.1 Å². The molecule has 6 nitrogen and oxygen atoms in total. The van der Waals surface area contributed by atoms with Gasteiger partial charge in [-0.3, -0.25) is 4.79 Å². The van der Waals surface area contributed by atoms with E-state index in [9.17, 15) is 18.0 Å². The fourth-order valence-electron chi connectivity index (χ4n) is 3.07. The summed E-state index contributed by atoms with van der Waals surface area (Å²) in [5, 5.41) is 14.6. The molecule has 164 valence electrons. The van der Waals surface area contributed by atoms with Crippen molar-refractivity contribution >= 4 is 28.9 Å². The van der Waals surface area contributed by atoms with Gasteiger partial charge in [0.05, 0.1) is 10.7 Å². The number of piperidine rings is 1. The zero-order valence-corrected chi connectivity index (χ0v) is 17.5. The third kappa shape index (κ3) is 7.42. The predicted octanol–water partition coefficient (Wildman–Crippen LogP) is 4.25. The Kier molecular flexibility index (Phi) is 8.36. The standard InChI is InChI=1S/C18H23N3OS.C2HF3O2/c1-12-18(15-5-7-16(8-6-15)20-13(2)22)21-17(23-12)10-14-4-3-9-19-11-14;3-2(4,5)1(6)7/h5-8,14,19H,3-4,9-11H2,1-2H3,(H,20,22);(H,6,7). The summed E-state index contributed by atoms with van der Waals surface area (Å²) < 4.78 is 31.7. The summed E-state index contributed by atoms with van der Waals surface area (Å²) in [5.41, 5.74) is 3.01. The van der Waals surface area contributed by atoms with Gasteiger partial charge >= 0.3 is 12.1 Å². The molecule has 0 spiro atoms. The number of carbonyl (C=O) groups is 2. The van der Waals surface area contributed by atoms with Crippen LogP contribution in [0.5, 0.6) is 0 Å². The summed E-state index contributed by atoms with van der Waals surface area (Å²) in [7, 11) is 0. The maximum Gasteiger partial charge on any atom is 0.490 e. The largest absolute Gasteiger partial charge is 0.490 e. The second-order valence-corrected chi connectivity index (χ2v) is 8.28. The van der Waals surface area contributed by atoms with Crippen LogP contribution < -0.4 is 10.6 Å². The van der Waals surface area contributed by atoms with Gasteiger partial charge in [-0.15, -0.1) is 11.3 Å². The van der Waals surface area contributed by atoms with Gasteiger partial charge in [-0.25, -0.2) is 9.78 Å². The Morgan fingerprint density at radius 1 is 1.30 bits per heavy atom. The third-order valence-corrected chi connectivity index (χ3v) is 5.42. The van der Waals surface area contributed by atoms with Crippen LogP contribution >= 0.6 is 11.3 Å². The van der Waals surface area contributed by atoms with Crippen molar-refractivity contribution in [2.75, 3.05) is 18.4 Å². The van der Waals surface area contributed by atoms with Crippen LogP contribution in [0.2, 0.25) is 0 Å². The minimum absolute atomic E-state index is 0.0500. The monoisotopic (exact) mass is 443 g/mol. The summed E-state index contributed by atoms with van der Waals surface area (Å²) in [5.74, 6) is -2.09. The lowest BCUT2D eigenvalue weighted by Crippen LogP contribution is -2.30. The van der Waals surface area contributed by atoms with Crippen LogP contribution in [0.4, 0.5) is 18.9 Å². The van der Waals surface area contributed by atoms with Crippen molar-refractivity contribution < 1.29 is 27.9 Å². The van der Waals surface area contributed by atoms with Crippen LogP contribution in [0.15, 0.2) is 24.3 Å². The van der Waals surface area contributed by atoms with Crippen molar-refractivity contribution in [2.24, 2.45) is 5.92 Å². The summed E-state index contributed by atoms with van der Waals surface area (Å²) in [4.78, 5) is 26.1. The van der Waals surface area contributed by atoms with E-state index in [1.807, 2.05) is 35.6 Å². The first-order chi connectivity index (χ1) is 14.1. The highest BCUT2D eigenvalue weighted by atomic mass is 32.1. The summed E-state index contributed by atoms with van der Waals surface area (Å²) >= 11 is 1.81. The Morgan fingerprint density at radius 2 is 1.93 bits per heavy atom. The molecule has 2 aromatic rings. The Bertz CT molecular complexity index is 860. The van der Waals surface area contributed by atoms with Crippen molar-refractivity contribution in [1.29, 1.82) is 0 Å². The number of benzene rings is 1. The average molecular weight is 443 g/mol. The molecule has 2 heterocycles. The molecule has 3 N–H and O–H groups in total. The van der Waals surface area contributed by atoms with E-state index in [4.69, 9.17) is 14.9 Å². The van der Waals surface area contributed by atoms with Crippen molar-refractivity contribution in [2.45, 2.75) is 39.3 Å². The number of anilines is 1. The van der Waals surface area contributed by atoms with Crippen LogP contribution in [0.25, 0.3) is 11.3 Å². The molecule has 3 rings (SSSR count). The topological polar surface area (TPSA) is 91.3 Å². The second-order valence-electron chi connectivity index (χ2n) is 6.99. The molecule has 1 aliphatic heterocycles. The smallest absolute Gasteiger partial charge is 0.475 e. The first-order valence-electron chi connectivity index (χ1n) is 9.41. The molecule has 0 radical (unpaired) electrons. The summed E-state index contributed by atoms with van der Waals surface area (Å²) in [6.45, 7) is 5.92. The van der Waals surface area contributed by atoms with Crippen molar-refractivity contribution in [1.82, 2.24) is 10.3 Å². The molecule has 30 heavy (non-hydrogen) atoms. The molecule has 1 saturated heterocycles. The van der Waals surface area contributed by atoms with Crippen LogP contribution in [0, 0.1) is 12.8 Å². The van der Waals surface area contributed by atoms with Crippen LogP contribution in [0.1, 0.15) is 29.7 Å². The molecule has 0 bridgehead atoms. The van der Waals surface area contributed by atoms with E-state index in [0.717, 1.165) is 36.5 Å². The number of aliphatic carboxylic acids is 1. The highest BCUT2D eigenvalue weighted by Gasteiger charge is 2.38. The number of alkyl halides is 3. The SMILES string of the molecule is CC(=O)Nc1ccc(-c2nc(CC3CCCNC3)sc2C)cc1.O=C(O)C(F)(F)F. The lowest BCUT2D eigenvalue weighted by atomic mass is 9.97. The number of nitrogens with one attached hydrogen (secondary N) is 2. The van der Waals surface area contributed by atoms with Crippen LogP contribution in [0.3, 0.4) is 0 Å². The molecule has 1 fully saturated rings. The minimum Gasteiger partial charge on any atom is -0.475 e. The molecule has 10 heteroatoms. The lowest BCUT2D eigenvalue weighted by molar-refractivity contribution is -0.192. The number of aryl methyl sites for hydroxylation is 1. The Morgan fingerprint density at radius 3 is 2.43 bits per heavy atom. The van der Waals surface area contributed by atoms with E-state index in [0.29, 0.717) is 5.92 Å². The number of carboxylic acids is 1. The lowest BCUT2D eigenvalue weighted by Gasteiger charge is -2.21. The normalized spacial score (nSPS) is 16.4. The molecule has 1 aromatic carbocycles. The van der Waals surface area contributed by atoms with Gasteiger partial charge in [-0.05, 0) is 50.9 Å². The molecular formula is C20H24F3N3O3S. The first-order valence-corrected chi connectivity index (χ1v) is 10.2. The summed E-state index contributed by atoms with van der Waals surface area (Å²) in [6, 6.07) is 7.92. The highest BCUT2D eigenvalue weighted by Crippen LogP contribution is 2.30. The van der Waals surface area contributed by atoms with E-state index >= 15 is 0 Å². The maximum atomic E-state index is 11.1. The van der Waals surface area contributed by atoms with E-state index in [1.165, 1.54) is 29.7 Å². The van der Waals surface area contributed by atoms with Gasteiger partial charge in [0.15, 0.2) is 0 Å². The number of thiazole rings is 1. The number of hydrogen-bond donors (Lipinski definition) is 3. The molecule has 1 unspecified atom stereocenters. The zero-order valence-electron chi connectivity index (χ0n) is 16.7. The van der Waals surface area contributed by atoms with Gasteiger partial charge in [0.2, 0.25) is 5.91 Å². The van der Waals surface area contributed by atoms with Gasteiger partial charge in [0, 0.05) is 29.5 Å². The third-order valence-electron chi connectivity index (χ3n) is 4.42. The Hall–Kier alpha value is -2.46. The van der Waals surface area contributed by atoms with Crippen molar-refractivity contribution in [3.8, 4) is 11.3 Å². The number of rotatable bonds is 4. The molecule has 1 atom stereocenters. The maximum absolute atomic E-state index is 11.1. The summed E-state index contributed by atoms with van der Waals surface area (Å²) in [6.07, 6.45) is -1.44. The zero-order chi connectivity index (χ0) is 22.3. The Balaban J connectivity index is 0.000000396. The number of hydrogen-bond acceptors (Lipinski definition) is 5. The minimum atomic E-state index is -5.08. The first kappa shape index (κ1) is 23.8. The average Bonchev–Trinajstić information content (AvgIpc) is 3.02. The molecule has 1 aromatic heterocycles. The molecular weight excluding hydrogens is 419 g/mol. The van der Waals surface area contributed by atoms with Gasteiger partial charge in [0.25, 0.3) is 0 Å². The number of carboxylic acid groups (broad SMARTS) is 1. The van der Waals surface area contributed by atoms with E-state index in [1.54, 1.807) is 0 Å². The number of amides is 1. The number of halogens is 3. The molecule has 0 saturated carbocycles. The molecule has 1 aliphatic rings. The number of nitrogens with zero attached hydrogens (tertiary/aromatic N) is 1. The van der Waals surface area contributed by atoms with Crippen molar-refractivity contribution in [3.05, 3.63) is 34.2 Å². The van der Waals surface area contributed by atoms with Gasteiger partial charge in [-0.2, -0.15) is 13.2 Å². The molecule has 0 aliphatic carbocycles.